The van der Waals surface area contributed by atoms with Crippen molar-refractivity contribution in [1.82, 2.24) is 19.7 Å². The van der Waals surface area contributed by atoms with E-state index in [4.69, 9.17) is 11.5 Å². The van der Waals surface area contributed by atoms with Crippen molar-refractivity contribution in [2.24, 2.45) is 11.7 Å². The van der Waals surface area contributed by atoms with Crippen molar-refractivity contribution in [3.05, 3.63) is 24.5 Å². The molecule has 112 valence electrons. The predicted molar refractivity (Wildman–Crippen MR) is 82.2 cm³/mol. The van der Waals surface area contributed by atoms with Crippen LogP contribution in [0.25, 0.3) is 5.82 Å². The van der Waals surface area contributed by atoms with Gasteiger partial charge in [0, 0.05) is 31.5 Å². The van der Waals surface area contributed by atoms with E-state index >= 15 is 0 Å². The minimum atomic E-state index is 0.280. The molecule has 1 saturated heterocycles. The van der Waals surface area contributed by atoms with Gasteiger partial charge in [0.2, 0.25) is 5.95 Å². The summed E-state index contributed by atoms with van der Waals surface area (Å²) in [5.74, 6) is 2.59. The number of rotatable bonds is 4. The van der Waals surface area contributed by atoms with Crippen LogP contribution >= 0.6 is 0 Å². The maximum absolute atomic E-state index is 5.84. The summed E-state index contributed by atoms with van der Waals surface area (Å²) in [6, 6.07) is 3.79. The summed E-state index contributed by atoms with van der Waals surface area (Å²) in [5, 5.41) is 4.19. The molecule has 7 heteroatoms. The summed E-state index contributed by atoms with van der Waals surface area (Å²) < 4.78 is 1.70. The lowest BCUT2D eigenvalue weighted by Crippen LogP contribution is -2.35. The Labute approximate surface area is 124 Å². The van der Waals surface area contributed by atoms with Crippen molar-refractivity contribution in [2.75, 3.05) is 30.3 Å². The Balaban J connectivity index is 1.77. The number of nitrogens with zero attached hydrogens (tertiary/aromatic N) is 5. The van der Waals surface area contributed by atoms with Crippen LogP contribution in [0.1, 0.15) is 19.3 Å². The number of hydrogen-bond donors (Lipinski definition) is 2. The molecule has 3 rings (SSSR count). The van der Waals surface area contributed by atoms with E-state index in [0.717, 1.165) is 50.6 Å². The Morgan fingerprint density at radius 1 is 1.19 bits per heavy atom. The highest BCUT2D eigenvalue weighted by molar-refractivity contribution is 5.48. The third-order valence-electron chi connectivity index (χ3n) is 3.97. The van der Waals surface area contributed by atoms with Crippen LogP contribution in [0.5, 0.6) is 0 Å². The van der Waals surface area contributed by atoms with E-state index in [2.05, 4.69) is 20.0 Å². The highest BCUT2D eigenvalue weighted by atomic mass is 15.3. The van der Waals surface area contributed by atoms with Crippen molar-refractivity contribution in [1.29, 1.82) is 0 Å². The number of nitrogens with two attached hydrogens (primary N) is 2. The Kier molecular flexibility index (Phi) is 4.01. The first-order valence-electron chi connectivity index (χ1n) is 7.36. The van der Waals surface area contributed by atoms with E-state index < -0.39 is 0 Å². The van der Waals surface area contributed by atoms with E-state index in [9.17, 15) is 0 Å². The zero-order valence-electron chi connectivity index (χ0n) is 12.0. The van der Waals surface area contributed by atoms with Gasteiger partial charge in [0.25, 0.3) is 0 Å². The molecule has 0 amide bonds. The van der Waals surface area contributed by atoms with Gasteiger partial charge in [-0.3, -0.25) is 0 Å². The van der Waals surface area contributed by atoms with Gasteiger partial charge < -0.3 is 16.4 Å². The van der Waals surface area contributed by atoms with Crippen LogP contribution in [0.4, 0.5) is 11.8 Å². The largest absolute Gasteiger partial charge is 0.368 e. The minimum absolute atomic E-state index is 0.280. The first-order valence-corrected chi connectivity index (χ1v) is 7.36. The molecule has 0 aromatic carbocycles. The van der Waals surface area contributed by atoms with Crippen LogP contribution in [0.3, 0.4) is 0 Å². The first kappa shape index (κ1) is 13.8. The van der Waals surface area contributed by atoms with Gasteiger partial charge in [0.05, 0.1) is 0 Å². The van der Waals surface area contributed by atoms with Gasteiger partial charge >= 0.3 is 0 Å². The highest BCUT2D eigenvalue weighted by Crippen LogP contribution is 2.25. The van der Waals surface area contributed by atoms with Crippen molar-refractivity contribution in [3.8, 4) is 5.82 Å². The Bertz CT molecular complexity index is 573. The molecule has 21 heavy (non-hydrogen) atoms. The second kappa shape index (κ2) is 6.09. The fourth-order valence-corrected chi connectivity index (χ4v) is 2.81. The zero-order valence-corrected chi connectivity index (χ0v) is 12.0. The molecule has 2 aromatic heterocycles. The van der Waals surface area contributed by atoms with Crippen LogP contribution in [0.2, 0.25) is 0 Å². The average Bonchev–Trinajstić information content (AvgIpc) is 3.02. The normalized spacial score (nSPS) is 16.3. The molecule has 1 aliphatic rings. The predicted octanol–water partition coefficient (Wildman–Crippen LogP) is 0.810. The summed E-state index contributed by atoms with van der Waals surface area (Å²) in [5.41, 5.74) is 11.5. The maximum atomic E-state index is 5.84. The SMILES string of the molecule is NCCC1CCN(c2cc(-n3cccn3)nc(N)n2)CC1. The molecule has 0 bridgehead atoms. The van der Waals surface area contributed by atoms with Gasteiger partial charge in [-0.2, -0.15) is 15.1 Å². The van der Waals surface area contributed by atoms with Gasteiger partial charge in [-0.05, 0) is 37.8 Å². The van der Waals surface area contributed by atoms with Gasteiger partial charge in [-0.25, -0.2) is 4.68 Å². The molecule has 0 saturated carbocycles. The second-order valence-electron chi connectivity index (χ2n) is 5.40. The molecule has 1 aliphatic heterocycles. The van der Waals surface area contributed by atoms with E-state index in [1.54, 1.807) is 10.9 Å². The number of nitrogen functional groups attached to an aromatic ring is 1. The molecule has 2 aromatic rings. The van der Waals surface area contributed by atoms with Crippen LogP contribution in [-0.4, -0.2) is 39.4 Å². The fraction of sp³-hybridized carbons (Fsp3) is 0.500. The van der Waals surface area contributed by atoms with E-state index in [0.29, 0.717) is 5.82 Å². The van der Waals surface area contributed by atoms with Crippen molar-refractivity contribution in [2.45, 2.75) is 19.3 Å². The van der Waals surface area contributed by atoms with Crippen molar-refractivity contribution < 1.29 is 0 Å². The third kappa shape index (κ3) is 3.13. The third-order valence-corrected chi connectivity index (χ3v) is 3.97. The molecule has 1 fully saturated rings. The van der Waals surface area contributed by atoms with Gasteiger partial charge in [0.1, 0.15) is 5.82 Å². The maximum Gasteiger partial charge on any atom is 0.224 e. The smallest absolute Gasteiger partial charge is 0.224 e. The molecule has 7 nitrogen and oxygen atoms in total. The van der Waals surface area contributed by atoms with Gasteiger partial charge in [-0.15, -0.1) is 0 Å². The second-order valence-corrected chi connectivity index (χ2v) is 5.40. The van der Waals surface area contributed by atoms with Crippen LogP contribution in [0, 0.1) is 5.92 Å². The molecular weight excluding hydrogens is 266 g/mol. The summed E-state index contributed by atoms with van der Waals surface area (Å²) in [6.07, 6.45) is 6.98. The van der Waals surface area contributed by atoms with Crippen molar-refractivity contribution in [3.63, 3.8) is 0 Å². The van der Waals surface area contributed by atoms with Gasteiger partial charge in [0.15, 0.2) is 5.82 Å². The average molecular weight is 287 g/mol. The lowest BCUT2D eigenvalue weighted by Gasteiger charge is -2.32. The van der Waals surface area contributed by atoms with Crippen molar-refractivity contribution >= 4 is 11.8 Å². The molecule has 0 atom stereocenters. The van der Waals surface area contributed by atoms with Gasteiger partial charge in [-0.1, -0.05) is 0 Å². The zero-order chi connectivity index (χ0) is 14.7. The molecule has 4 N–H and O–H groups in total. The lowest BCUT2D eigenvalue weighted by molar-refractivity contribution is 0.385. The summed E-state index contributed by atoms with van der Waals surface area (Å²) in [6.45, 7) is 2.74. The molecular formula is C14H21N7. The quantitative estimate of drug-likeness (QED) is 0.863. The Morgan fingerprint density at radius 3 is 2.62 bits per heavy atom. The number of anilines is 2. The summed E-state index contributed by atoms with van der Waals surface area (Å²) >= 11 is 0. The first-order chi connectivity index (χ1) is 10.3. The number of piperidine rings is 1. The fourth-order valence-electron chi connectivity index (χ4n) is 2.81. The summed E-state index contributed by atoms with van der Waals surface area (Å²) in [4.78, 5) is 10.9. The van der Waals surface area contributed by atoms with Crippen LogP contribution in [-0.2, 0) is 0 Å². The lowest BCUT2D eigenvalue weighted by atomic mass is 9.94. The highest BCUT2D eigenvalue weighted by Gasteiger charge is 2.20. The molecule has 0 aliphatic carbocycles. The van der Waals surface area contributed by atoms with E-state index in [1.165, 1.54) is 0 Å². The van der Waals surface area contributed by atoms with E-state index in [1.807, 2.05) is 18.3 Å². The molecule has 0 unspecified atom stereocenters. The standard InChI is InChI=1S/C14H21N7/c15-5-2-11-3-8-20(9-4-11)12-10-13(19-14(16)18-12)21-7-1-6-17-21/h1,6-7,10-11H,2-5,8-9,15H2,(H2,16,18,19). The molecule has 0 radical (unpaired) electrons. The number of aromatic nitrogens is 4. The molecule has 0 spiro atoms. The topological polar surface area (TPSA) is 98.9 Å². The summed E-state index contributed by atoms with van der Waals surface area (Å²) in [7, 11) is 0. The number of hydrogen-bond acceptors (Lipinski definition) is 6. The van der Waals surface area contributed by atoms with Crippen LogP contribution < -0.4 is 16.4 Å². The minimum Gasteiger partial charge on any atom is -0.368 e. The Hall–Kier alpha value is -2.15. The molecule has 3 heterocycles. The van der Waals surface area contributed by atoms with E-state index in [-0.39, 0.29) is 5.95 Å². The Morgan fingerprint density at radius 2 is 1.95 bits per heavy atom. The monoisotopic (exact) mass is 287 g/mol. The van der Waals surface area contributed by atoms with Crippen LogP contribution in [0.15, 0.2) is 24.5 Å².